The lowest BCUT2D eigenvalue weighted by Gasteiger charge is -2.61. The predicted octanol–water partition coefficient (Wildman–Crippen LogP) is 5.05. The van der Waals surface area contributed by atoms with Gasteiger partial charge in [-0.2, -0.15) is 5.10 Å². The SMILES string of the molecule is Cc1c(I)cnn1CC12CC3CC(C1)CC(OCCOCCOCCN(C)C(=O)OC(C)(C)C)(C3)C2. The molecule has 4 saturated carbocycles. The summed E-state index contributed by atoms with van der Waals surface area (Å²) in [6.45, 7) is 12.0. The summed E-state index contributed by atoms with van der Waals surface area (Å²) in [5, 5.41) is 4.67. The molecule has 1 heterocycles. The lowest BCUT2D eigenvalue weighted by molar-refractivity contribution is -0.201. The van der Waals surface area contributed by atoms with E-state index in [0.29, 0.717) is 45.0 Å². The van der Waals surface area contributed by atoms with Gasteiger partial charge < -0.3 is 23.8 Å². The van der Waals surface area contributed by atoms with E-state index < -0.39 is 5.60 Å². The van der Waals surface area contributed by atoms with E-state index in [1.54, 1.807) is 7.05 Å². The van der Waals surface area contributed by atoms with Gasteiger partial charge in [-0.25, -0.2) is 4.79 Å². The molecule has 9 heteroatoms. The van der Waals surface area contributed by atoms with E-state index in [-0.39, 0.29) is 11.7 Å². The number of ether oxygens (including phenoxy) is 4. The van der Waals surface area contributed by atoms with E-state index in [9.17, 15) is 4.79 Å². The normalized spacial score (nSPS) is 29.1. The van der Waals surface area contributed by atoms with Crippen LogP contribution in [0.15, 0.2) is 6.20 Å². The maximum atomic E-state index is 12.0. The zero-order valence-electron chi connectivity index (χ0n) is 22.7. The number of hydrogen-bond acceptors (Lipinski definition) is 6. The molecule has 4 bridgehead atoms. The van der Waals surface area contributed by atoms with Crippen LogP contribution in [0, 0.1) is 27.7 Å². The fourth-order valence-corrected chi connectivity index (χ4v) is 7.29. The summed E-state index contributed by atoms with van der Waals surface area (Å²) in [6.07, 6.45) is 9.23. The van der Waals surface area contributed by atoms with Gasteiger partial charge in [0, 0.05) is 25.8 Å². The van der Waals surface area contributed by atoms with Crippen LogP contribution in [0.4, 0.5) is 4.79 Å². The molecule has 2 atom stereocenters. The van der Waals surface area contributed by atoms with Crippen LogP contribution in [0.1, 0.15) is 65.0 Å². The highest BCUT2D eigenvalue weighted by atomic mass is 127. The molecule has 8 nitrogen and oxygen atoms in total. The van der Waals surface area contributed by atoms with Crippen molar-refractivity contribution >= 4 is 28.7 Å². The number of rotatable bonds is 12. The summed E-state index contributed by atoms with van der Waals surface area (Å²) in [7, 11) is 1.72. The van der Waals surface area contributed by atoms with Crippen LogP contribution in [-0.2, 0) is 25.5 Å². The molecule has 0 radical (unpaired) electrons. The van der Waals surface area contributed by atoms with Gasteiger partial charge in [-0.15, -0.1) is 0 Å². The summed E-state index contributed by atoms with van der Waals surface area (Å²) in [5.74, 6) is 1.57. The van der Waals surface area contributed by atoms with E-state index in [1.165, 1.54) is 46.3 Å². The first-order valence-electron chi connectivity index (χ1n) is 13.4. The predicted molar refractivity (Wildman–Crippen MR) is 146 cm³/mol. The summed E-state index contributed by atoms with van der Waals surface area (Å²) >= 11 is 2.38. The lowest BCUT2D eigenvalue weighted by atomic mass is 9.48. The summed E-state index contributed by atoms with van der Waals surface area (Å²) < 4.78 is 26.8. The molecule has 36 heavy (non-hydrogen) atoms. The highest BCUT2D eigenvalue weighted by Gasteiger charge is 2.58. The highest BCUT2D eigenvalue weighted by molar-refractivity contribution is 14.1. The van der Waals surface area contributed by atoms with E-state index in [4.69, 9.17) is 18.9 Å². The Morgan fingerprint density at radius 2 is 1.75 bits per heavy atom. The van der Waals surface area contributed by atoms with Gasteiger partial charge in [-0.05, 0) is 106 Å². The number of likely N-dealkylation sites (N-methyl/N-ethyl adjacent to an activating group) is 1. The maximum Gasteiger partial charge on any atom is 0.410 e. The second-order valence-electron chi connectivity index (χ2n) is 12.4. The van der Waals surface area contributed by atoms with Crippen molar-refractivity contribution in [3.8, 4) is 0 Å². The molecule has 1 amide bonds. The van der Waals surface area contributed by atoms with Gasteiger partial charge in [-0.3, -0.25) is 4.68 Å². The van der Waals surface area contributed by atoms with Crippen molar-refractivity contribution in [1.82, 2.24) is 14.7 Å². The molecule has 1 aromatic rings. The molecular formula is C27H44IN3O5. The minimum Gasteiger partial charge on any atom is -0.444 e. The number of carbonyl (C=O) groups excluding carboxylic acids is 1. The fraction of sp³-hybridized carbons (Fsp3) is 0.852. The number of halogens is 1. The van der Waals surface area contributed by atoms with Crippen LogP contribution in [0.2, 0.25) is 0 Å². The van der Waals surface area contributed by atoms with Crippen molar-refractivity contribution in [2.45, 2.75) is 84.0 Å². The van der Waals surface area contributed by atoms with Crippen LogP contribution < -0.4 is 0 Å². The maximum absolute atomic E-state index is 12.0. The minimum atomic E-state index is -0.490. The van der Waals surface area contributed by atoms with Crippen molar-refractivity contribution in [2.24, 2.45) is 17.3 Å². The molecule has 2 unspecified atom stereocenters. The van der Waals surface area contributed by atoms with Crippen molar-refractivity contribution in [2.75, 3.05) is 46.6 Å². The van der Waals surface area contributed by atoms with Crippen molar-refractivity contribution < 1.29 is 23.7 Å². The van der Waals surface area contributed by atoms with E-state index >= 15 is 0 Å². The molecular weight excluding hydrogens is 573 g/mol. The van der Waals surface area contributed by atoms with Gasteiger partial charge >= 0.3 is 6.09 Å². The number of amides is 1. The van der Waals surface area contributed by atoms with Crippen molar-refractivity contribution in [1.29, 1.82) is 0 Å². The second-order valence-corrected chi connectivity index (χ2v) is 13.5. The van der Waals surface area contributed by atoms with Gasteiger partial charge in [0.1, 0.15) is 5.60 Å². The molecule has 0 N–H and O–H groups in total. The van der Waals surface area contributed by atoms with Gasteiger partial charge in [0.05, 0.1) is 48.4 Å². The Hall–Kier alpha value is -0.910. The van der Waals surface area contributed by atoms with Gasteiger partial charge in [0.2, 0.25) is 0 Å². The molecule has 4 aliphatic rings. The Balaban J connectivity index is 1.13. The molecule has 1 aromatic heterocycles. The topological polar surface area (TPSA) is 75.1 Å². The van der Waals surface area contributed by atoms with Gasteiger partial charge in [0.25, 0.3) is 0 Å². The lowest BCUT2D eigenvalue weighted by Crippen LogP contribution is -2.58. The Morgan fingerprint density at radius 3 is 2.36 bits per heavy atom. The molecule has 5 rings (SSSR count). The van der Waals surface area contributed by atoms with Crippen LogP contribution >= 0.6 is 22.6 Å². The van der Waals surface area contributed by atoms with Crippen LogP contribution in [0.5, 0.6) is 0 Å². The third-order valence-electron chi connectivity index (χ3n) is 7.94. The minimum absolute atomic E-state index is 0.0183. The Bertz CT molecular complexity index is 884. The smallest absolute Gasteiger partial charge is 0.410 e. The molecule has 0 spiro atoms. The van der Waals surface area contributed by atoms with Crippen LogP contribution in [0.25, 0.3) is 0 Å². The first kappa shape index (κ1) is 28.1. The largest absolute Gasteiger partial charge is 0.444 e. The van der Waals surface area contributed by atoms with E-state index in [1.807, 2.05) is 27.0 Å². The Kier molecular flexibility index (Phi) is 8.94. The number of aromatic nitrogens is 2. The average Bonchev–Trinajstić information content (AvgIpc) is 3.07. The average molecular weight is 618 g/mol. The monoisotopic (exact) mass is 617 g/mol. The third-order valence-corrected chi connectivity index (χ3v) is 9.00. The fourth-order valence-electron chi connectivity index (χ4n) is 6.89. The zero-order valence-corrected chi connectivity index (χ0v) is 24.8. The molecule has 0 aliphatic heterocycles. The number of nitrogens with zero attached hydrogens (tertiary/aromatic N) is 3. The van der Waals surface area contributed by atoms with Gasteiger partial charge in [0.15, 0.2) is 0 Å². The highest BCUT2D eigenvalue weighted by Crippen LogP contribution is 2.63. The second kappa shape index (κ2) is 11.5. The number of carbonyl (C=O) groups is 1. The van der Waals surface area contributed by atoms with E-state index in [0.717, 1.165) is 24.8 Å². The Morgan fingerprint density at radius 1 is 1.11 bits per heavy atom. The number of hydrogen-bond donors (Lipinski definition) is 0. The first-order valence-corrected chi connectivity index (χ1v) is 14.5. The molecule has 0 saturated heterocycles. The van der Waals surface area contributed by atoms with Crippen LogP contribution in [-0.4, -0.2) is 78.6 Å². The quantitative estimate of drug-likeness (QED) is 0.242. The van der Waals surface area contributed by atoms with E-state index in [2.05, 4.69) is 39.3 Å². The van der Waals surface area contributed by atoms with Crippen molar-refractivity contribution in [3.63, 3.8) is 0 Å². The molecule has 4 fully saturated rings. The molecule has 0 aromatic carbocycles. The first-order chi connectivity index (χ1) is 17.0. The zero-order chi connectivity index (χ0) is 26.0. The summed E-state index contributed by atoms with van der Waals surface area (Å²) in [6, 6.07) is 0. The summed E-state index contributed by atoms with van der Waals surface area (Å²) in [4.78, 5) is 13.5. The van der Waals surface area contributed by atoms with Gasteiger partial charge in [-0.1, -0.05) is 0 Å². The van der Waals surface area contributed by atoms with Crippen molar-refractivity contribution in [3.05, 3.63) is 15.5 Å². The third kappa shape index (κ3) is 7.14. The molecule has 4 aliphatic carbocycles. The summed E-state index contributed by atoms with van der Waals surface area (Å²) in [5.41, 5.74) is 1.14. The standard InChI is InChI=1S/C27H44IN3O5/c1-20-23(28)17-29-31(20)19-26-13-21-12-22(14-26)16-27(15-21,18-26)35-11-10-34-9-8-33-7-6-30(5)24(32)36-25(2,3)4/h17,21-22H,6-16,18-19H2,1-5H3. The molecule has 204 valence electrons. The van der Waals surface area contributed by atoms with Crippen LogP contribution in [0.3, 0.4) is 0 Å². The Labute approximate surface area is 229 Å².